The van der Waals surface area contributed by atoms with Crippen LogP contribution in [-0.2, 0) is 10.5 Å². The second-order valence-electron chi connectivity index (χ2n) is 9.39. The summed E-state index contributed by atoms with van der Waals surface area (Å²) in [5.74, 6) is 0.965. The van der Waals surface area contributed by atoms with Crippen molar-refractivity contribution in [1.29, 1.82) is 0 Å². The highest BCUT2D eigenvalue weighted by atomic mass is 32.2. The van der Waals surface area contributed by atoms with Gasteiger partial charge < -0.3 is 10.3 Å². The number of ketones is 1. The van der Waals surface area contributed by atoms with E-state index in [1.165, 1.54) is 29.5 Å². The number of aromatic amines is 1. The van der Waals surface area contributed by atoms with Crippen LogP contribution in [0.3, 0.4) is 0 Å². The molecule has 3 aromatic rings. The number of aromatic nitrogens is 2. The SMILES string of the molecule is CC(C)c1ccc(C2C3=C(CCCC3=O)Nc3nc(SCc4ccc([N+](=O)[O-])cc4)[nH]c(=O)c32)cc1. The number of nitro benzene ring substituents is 1. The van der Waals surface area contributed by atoms with Gasteiger partial charge in [-0.05, 0) is 35.4 Å². The van der Waals surface area contributed by atoms with Gasteiger partial charge in [0.25, 0.3) is 11.2 Å². The van der Waals surface area contributed by atoms with Gasteiger partial charge in [-0.15, -0.1) is 0 Å². The Bertz CT molecular complexity index is 1430. The zero-order chi connectivity index (χ0) is 25.4. The summed E-state index contributed by atoms with van der Waals surface area (Å²) in [6.45, 7) is 4.26. The number of nitrogens with one attached hydrogen (secondary N) is 2. The van der Waals surface area contributed by atoms with Gasteiger partial charge in [-0.2, -0.15) is 0 Å². The van der Waals surface area contributed by atoms with Crippen molar-refractivity contribution in [2.45, 2.75) is 55.9 Å². The summed E-state index contributed by atoms with van der Waals surface area (Å²) in [4.78, 5) is 44.5. The maximum absolute atomic E-state index is 13.4. The van der Waals surface area contributed by atoms with Gasteiger partial charge in [0.15, 0.2) is 10.9 Å². The van der Waals surface area contributed by atoms with E-state index < -0.39 is 10.8 Å². The monoisotopic (exact) mass is 502 g/mol. The first-order valence-corrected chi connectivity index (χ1v) is 12.9. The fourth-order valence-electron chi connectivity index (χ4n) is 4.78. The molecule has 0 amide bonds. The second-order valence-corrected chi connectivity index (χ2v) is 10.4. The van der Waals surface area contributed by atoms with E-state index in [0.29, 0.717) is 40.2 Å². The fourth-order valence-corrected chi connectivity index (χ4v) is 5.60. The van der Waals surface area contributed by atoms with E-state index >= 15 is 0 Å². The number of H-pyrrole nitrogens is 1. The van der Waals surface area contributed by atoms with Gasteiger partial charge in [-0.1, -0.05) is 62.0 Å². The number of thioether (sulfide) groups is 1. The van der Waals surface area contributed by atoms with Crippen molar-refractivity contribution >= 4 is 29.1 Å². The molecule has 0 spiro atoms. The number of anilines is 1. The number of allylic oxidation sites excluding steroid dienone is 2. The van der Waals surface area contributed by atoms with Gasteiger partial charge in [0.1, 0.15) is 5.82 Å². The molecular weight excluding hydrogens is 476 g/mol. The topological polar surface area (TPSA) is 118 Å². The molecule has 2 aliphatic rings. The lowest BCUT2D eigenvalue weighted by Crippen LogP contribution is -2.32. The van der Waals surface area contributed by atoms with Crippen molar-refractivity contribution in [2.24, 2.45) is 0 Å². The van der Waals surface area contributed by atoms with Crippen molar-refractivity contribution in [3.63, 3.8) is 0 Å². The highest BCUT2D eigenvalue weighted by Crippen LogP contribution is 2.43. The van der Waals surface area contributed by atoms with Crippen molar-refractivity contribution in [2.75, 3.05) is 5.32 Å². The zero-order valence-corrected chi connectivity index (χ0v) is 20.9. The summed E-state index contributed by atoms with van der Waals surface area (Å²) in [5, 5.41) is 14.6. The third kappa shape index (κ3) is 4.58. The Morgan fingerprint density at radius 1 is 1.08 bits per heavy atom. The van der Waals surface area contributed by atoms with Crippen LogP contribution < -0.4 is 10.9 Å². The molecular formula is C27H26N4O4S. The number of carbonyl (C=O) groups is 1. The van der Waals surface area contributed by atoms with E-state index in [2.05, 4.69) is 36.3 Å². The molecule has 2 aromatic carbocycles. The first kappa shape index (κ1) is 24.0. The van der Waals surface area contributed by atoms with E-state index in [-0.39, 0.29) is 17.0 Å². The number of rotatable bonds is 6. The lowest BCUT2D eigenvalue weighted by molar-refractivity contribution is -0.384. The molecule has 0 radical (unpaired) electrons. The number of benzene rings is 2. The first-order chi connectivity index (χ1) is 17.3. The summed E-state index contributed by atoms with van der Waals surface area (Å²) in [6.07, 6.45) is 1.98. The van der Waals surface area contributed by atoms with E-state index in [0.717, 1.165) is 29.7 Å². The average Bonchev–Trinajstić information content (AvgIpc) is 2.86. The standard InChI is InChI=1S/C27H26N4O4S/c1-15(2)17-8-10-18(11-9-17)22-23-20(4-3-5-21(23)32)28-25-24(22)26(33)30-27(29-25)36-14-16-6-12-19(13-7-16)31(34)35/h6-13,15,22H,3-5,14H2,1-2H3,(H2,28,29,30,33). The van der Waals surface area contributed by atoms with Crippen LogP contribution in [0.25, 0.3) is 0 Å². The van der Waals surface area contributed by atoms with Crippen LogP contribution in [0.15, 0.2) is 69.8 Å². The Morgan fingerprint density at radius 2 is 1.81 bits per heavy atom. The number of hydrogen-bond donors (Lipinski definition) is 2. The molecule has 0 bridgehead atoms. The van der Waals surface area contributed by atoms with Gasteiger partial charge in [-0.25, -0.2) is 4.98 Å². The first-order valence-electron chi connectivity index (χ1n) is 11.9. The molecule has 0 saturated heterocycles. The van der Waals surface area contributed by atoms with Crippen LogP contribution in [0.2, 0.25) is 0 Å². The van der Waals surface area contributed by atoms with Crippen LogP contribution in [0.4, 0.5) is 11.5 Å². The van der Waals surface area contributed by atoms with E-state index in [4.69, 9.17) is 4.98 Å². The Kier molecular flexibility index (Phi) is 6.49. The lowest BCUT2D eigenvalue weighted by Gasteiger charge is -2.33. The minimum atomic E-state index is -0.463. The highest BCUT2D eigenvalue weighted by Gasteiger charge is 2.37. The van der Waals surface area contributed by atoms with E-state index in [1.54, 1.807) is 12.1 Å². The summed E-state index contributed by atoms with van der Waals surface area (Å²) in [6, 6.07) is 14.5. The molecule has 1 aliphatic heterocycles. The molecule has 5 rings (SSSR count). The van der Waals surface area contributed by atoms with Gasteiger partial charge >= 0.3 is 0 Å². The van der Waals surface area contributed by atoms with Gasteiger partial charge in [0, 0.05) is 41.5 Å². The zero-order valence-electron chi connectivity index (χ0n) is 20.0. The minimum Gasteiger partial charge on any atom is -0.343 e. The summed E-state index contributed by atoms with van der Waals surface area (Å²) in [7, 11) is 0. The molecule has 1 unspecified atom stereocenters. The molecule has 184 valence electrons. The Balaban J connectivity index is 1.50. The van der Waals surface area contributed by atoms with E-state index in [9.17, 15) is 19.7 Å². The normalized spacial score (nSPS) is 17.0. The third-order valence-electron chi connectivity index (χ3n) is 6.70. The van der Waals surface area contributed by atoms with Crippen LogP contribution in [0.1, 0.15) is 67.2 Å². The molecule has 1 aliphatic carbocycles. The van der Waals surface area contributed by atoms with Crippen LogP contribution in [0, 0.1) is 10.1 Å². The number of Topliss-reactive ketones (excluding diaryl/α,β-unsaturated/α-hetero) is 1. The highest BCUT2D eigenvalue weighted by molar-refractivity contribution is 7.98. The predicted molar refractivity (Wildman–Crippen MR) is 139 cm³/mol. The maximum atomic E-state index is 13.4. The van der Waals surface area contributed by atoms with Gasteiger partial charge in [0.05, 0.1) is 10.5 Å². The number of nitrogens with zero attached hydrogens (tertiary/aromatic N) is 2. The molecule has 2 heterocycles. The molecule has 1 atom stereocenters. The molecule has 1 aromatic heterocycles. The minimum absolute atomic E-state index is 0.0341. The number of fused-ring (bicyclic) bond motifs is 1. The fraction of sp³-hybridized carbons (Fsp3) is 0.296. The molecule has 0 fully saturated rings. The molecule has 0 saturated carbocycles. The van der Waals surface area contributed by atoms with Gasteiger partial charge in [0.2, 0.25) is 0 Å². The summed E-state index contributed by atoms with van der Waals surface area (Å²) >= 11 is 1.35. The number of carbonyl (C=O) groups excluding carboxylic acids is 1. The molecule has 8 nitrogen and oxygen atoms in total. The van der Waals surface area contributed by atoms with Gasteiger partial charge in [-0.3, -0.25) is 19.7 Å². The number of non-ortho nitro benzene ring substituents is 1. The Morgan fingerprint density at radius 3 is 2.47 bits per heavy atom. The lowest BCUT2D eigenvalue weighted by atomic mass is 9.76. The molecule has 36 heavy (non-hydrogen) atoms. The van der Waals surface area contributed by atoms with Crippen LogP contribution in [0.5, 0.6) is 0 Å². The molecule has 9 heteroatoms. The quantitative estimate of drug-likeness (QED) is 0.193. The van der Waals surface area contributed by atoms with Crippen molar-refractivity contribution in [3.05, 3.63) is 103 Å². The second kappa shape index (κ2) is 9.73. The van der Waals surface area contributed by atoms with Crippen LogP contribution >= 0.6 is 11.8 Å². The predicted octanol–water partition coefficient (Wildman–Crippen LogP) is 5.66. The van der Waals surface area contributed by atoms with Crippen molar-refractivity contribution < 1.29 is 9.72 Å². The summed E-state index contributed by atoms with van der Waals surface area (Å²) in [5.41, 5.74) is 4.72. The summed E-state index contributed by atoms with van der Waals surface area (Å²) < 4.78 is 0. The van der Waals surface area contributed by atoms with Crippen LogP contribution in [-0.4, -0.2) is 20.7 Å². The van der Waals surface area contributed by atoms with Crippen molar-refractivity contribution in [1.82, 2.24) is 9.97 Å². The van der Waals surface area contributed by atoms with E-state index in [1.807, 2.05) is 12.1 Å². The Hall–Kier alpha value is -3.72. The maximum Gasteiger partial charge on any atom is 0.269 e. The smallest absolute Gasteiger partial charge is 0.269 e. The number of nitro groups is 1. The van der Waals surface area contributed by atoms with Crippen molar-refractivity contribution in [3.8, 4) is 0 Å². The average molecular weight is 503 g/mol. The third-order valence-corrected chi connectivity index (χ3v) is 7.64. The molecule has 2 N–H and O–H groups in total. The largest absolute Gasteiger partial charge is 0.343 e. The Labute approximate surface area is 212 Å². The number of hydrogen-bond acceptors (Lipinski definition) is 7.